The van der Waals surface area contributed by atoms with Gasteiger partial charge in [0.15, 0.2) is 11.6 Å². The average Bonchev–Trinajstić information content (AvgIpc) is 3.15. The molecule has 1 heterocycles. The minimum atomic E-state index is -0.466. The van der Waals surface area contributed by atoms with Gasteiger partial charge in [-0.15, -0.1) is 0 Å². The third-order valence-corrected chi connectivity index (χ3v) is 5.27. The van der Waals surface area contributed by atoms with Gasteiger partial charge in [-0.05, 0) is 23.6 Å². The van der Waals surface area contributed by atoms with E-state index in [1.165, 1.54) is 12.1 Å². The van der Waals surface area contributed by atoms with Crippen LogP contribution in [0.3, 0.4) is 0 Å². The van der Waals surface area contributed by atoms with Crippen LogP contribution in [0.4, 0.5) is 5.69 Å². The second-order valence-electron chi connectivity index (χ2n) is 8.44. The fourth-order valence-corrected chi connectivity index (χ4v) is 3.79. The lowest BCUT2D eigenvalue weighted by Crippen LogP contribution is -2.31. The quantitative estimate of drug-likeness (QED) is 0.264. The van der Waals surface area contributed by atoms with Gasteiger partial charge in [-0.1, -0.05) is 44.2 Å². The number of hydrogen-bond acceptors (Lipinski definition) is 5. The maximum absolute atomic E-state index is 12.7. The first-order valence-electron chi connectivity index (χ1n) is 9.91. The van der Waals surface area contributed by atoms with Gasteiger partial charge in [-0.2, -0.15) is 5.10 Å². The Kier molecular flexibility index (Phi) is 5.10. The lowest BCUT2D eigenvalue weighted by Gasteiger charge is -2.28. The van der Waals surface area contributed by atoms with Crippen LogP contribution in [0.15, 0.2) is 66.4 Å². The third-order valence-electron chi connectivity index (χ3n) is 5.27. The Bertz CT molecular complexity index is 1200. The Morgan fingerprint density at radius 1 is 1.03 bits per heavy atom. The van der Waals surface area contributed by atoms with Crippen molar-refractivity contribution in [2.45, 2.75) is 26.7 Å². The number of allylic oxidation sites excluding steroid dienone is 1. The summed E-state index contributed by atoms with van der Waals surface area (Å²) < 4.78 is 1.64. The number of non-ortho nitro benzene ring substituents is 1. The van der Waals surface area contributed by atoms with Gasteiger partial charge in [0.2, 0.25) is 0 Å². The summed E-state index contributed by atoms with van der Waals surface area (Å²) in [6.07, 6.45) is 3.89. The monoisotopic (exact) mass is 415 g/mol. The van der Waals surface area contributed by atoms with Gasteiger partial charge in [-0.3, -0.25) is 19.7 Å². The zero-order chi connectivity index (χ0) is 22.2. The number of rotatable bonds is 4. The summed E-state index contributed by atoms with van der Waals surface area (Å²) in [5.74, 6) is -0.391. The first-order valence-corrected chi connectivity index (χ1v) is 9.91. The molecule has 1 aromatic heterocycles. The highest BCUT2D eigenvalue weighted by Crippen LogP contribution is 2.35. The number of carbonyl (C=O) groups is 2. The van der Waals surface area contributed by atoms with Crippen LogP contribution >= 0.6 is 0 Å². The number of aromatic nitrogens is 2. The number of nitro benzene ring substituents is 1. The van der Waals surface area contributed by atoms with Crippen LogP contribution in [0.25, 0.3) is 23.0 Å². The van der Waals surface area contributed by atoms with Crippen molar-refractivity contribution < 1.29 is 14.5 Å². The number of Topliss-reactive ketones (excluding diaryl/α,β-unsaturated/α-hetero) is 2. The Morgan fingerprint density at radius 3 is 2.35 bits per heavy atom. The SMILES string of the molecule is CC1(C)CC(=O)C(=Cc2cn(-c3ccccc3)nc2-c2cccc([N+](=O)[O-])c2)C(=O)C1. The van der Waals surface area contributed by atoms with Crippen LogP contribution in [0.1, 0.15) is 32.3 Å². The average molecular weight is 415 g/mol. The van der Waals surface area contributed by atoms with Crippen molar-refractivity contribution in [3.05, 3.63) is 82.0 Å². The van der Waals surface area contributed by atoms with E-state index in [1.54, 1.807) is 29.1 Å². The van der Waals surface area contributed by atoms with Gasteiger partial charge in [0.05, 0.1) is 16.2 Å². The van der Waals surface area contributed by atoms with E-state index in [0.29, 0.717) is 29.7 Å². The van der Waals surface area contributed by atoms with E-state index in [-0.39, 0.29) is 28.2 Å². The Balaban J connectivity index is 1.86. The Hall–Kier alpha value is -3.87. The van der Waals surface area contributed by atoms with Crippen molar-refractivity contribution >= 4 is 23.3 Å². The van der Waals surface area contributed by atoms with E-state index >= 15 is 0 Å². The molecule has 0 atom stereocenters. The van der Waals surface area contributed by atoms with Crippen LogP contribution in [0, 0.1) is 15.5 Å². The molecule has 31 heavy (non-hydrogen) atoms. The van der Waals surface area contributed by atoms with Crippen molar-refractivity contribution in [2.24, 2.45) is 5.41 Å². The first kappa shape index (κ1) is 20.4. The second-order valence-corrected chi connectivity index (χ2v) is 8.44. The normalized spacial score (nSPS) is 15.7. The topological polar surface area (TPSA) is 95.1 Å². The summed E-state index contributed by atoms with van der Waals surface area (Å²) in [6.45, 7) is 3.81. The predicted molar refractivity (Wildman–Crippen MR) is 117 cm³/mol. The summed E-state index contributed by atoms with van der Waals surface area (Å²) in [7, 11) is 0. The fraction of sp³-hybridized carbons (Fsp3) is 0.208. The highest BCUT2D eigenvalue weighted by molar-refractivity contribution is 6.25. The van der Waals surface area contributed by atoms with E-state index in [2.05, 4.69) is 5.10 Å². The van der Waals surface area contributed by atoms with Gasteiger partial charge >= 0.3 is 0 Å². The molecule has 0 N–H and O–H groups in total. The minimum Gasteiger partial charge on any atom is -0.294 e. The molecule has 0 amide bonds. The van der Waals surface area contributed by atoms with Crippen molar-refractivity contribution in [1.82, 2.24) is 9.78 Å². The van der Waals surface area contributed by atoms with Crippen molar-refractivity contribution in [1.29, 1.82) is 0 Å². The number of carbonyl (C=O) groups excluding carboxylic acids is 2. The Labute approximate surface area is 179 Å². The zero-order valence-electron chi connectivity index (χ0n) is 17.2. The molecule has 0 radical (unpaired) electrons. The maximum atomic E-state index is 12.7. The molecule has 2 aromatic carbocycles. The standard InChI is InChI=1S/C24H21N3O4/c1-24(2)13-21(28)20(22(29)14-24)12-17-15-26(18-8-4-3-5-9-18)25-23(17)16-7-6-10-19(11-16)27(30)31/h3-12,15H,13-14H2,1-2H3. The first-order chi connectivity index (χ1) is 14.7. The smallest absolute Gasteiger partial charge is 0.270 e. The van der Waals surface area contributed by atoms with Crippen LogP contribution in [-0.4, -0.2) is 26.3 Å². The van der Waals surface area contributed by atoms with Gasteiger partial charge in [0.25, 0.3) is 5.69 Å². The molecular weight excluding hydrogens is 394 g/mol. The van der Waals surface area contributed by atoms with Crippen molar-refractivity contribution in [2.75, 3.05) is 0 Å². The summed E-state index contributed by atoms with van der Waals surface area (Å²) in [5, 5.41) is 15.9. The highest BCUT2D eigenvalue weighted by Gasteiger charge is 2.35. The zero-order valence-corrected chi connectivity index (χ0v) is 17.2. The number of nitrogens with zero attached hydrogens (tertiary/aromatic N) is 3. The van der Waals surface area contributed by atoms with Crippen molar-refractivity contribution in [3.8, 4) is 16.9 Å². The predicted octanol–water partition coefficient (Wildman–Crippen LogP) is 4.79. The van der Waals surface area contributed by atoms with Gasteiger partial charge in [0, 0.05) is 42.3 Å². The van der Waals surface area contributed by atoms with E-state index < -0.39 is 4.92 Å². The summed E-state index contributed by atoms with van der Waals surface area (Å²) >= 11 is 0. The number of para-hydroxylation sites is 1. The molecule has 0 unspecified atom stereocenters. The van der Waals surface area contributed by atoms with Gasteiger partial charge < -0.3 is 0 Å². The second kappa shape index (κ2) is 7.75. The lowest BCUT2D eigenvalue weighted by atomic mass is 9.74. The summed E-state index contributed by atoms with van der Waals surface area (Å²) in [4.78, 5) is 36.1. The van der Waals surface area contributed by atoms with E-state index in [1.807, 2.05) is 44.2 Å². The molecule has 156 valence electrons. The van der Waals surface area contributed by atoms with Crippen LogP contribution < -0.4 is 0 Å². The molecule has 4 rings (SSSR count). The largest absolute Gasteiger partial charge is 0.294 e. The molecule has 1 saturated carbocycles. The number of nitro groups is 1. The maximum Gasteiger partial charge on any atom is 0.270 e. The highest BCUT2D eigenvalue weighted by atomic mass is 16.6. The molecule has 7 heteroatoms. The molecule has 7 nitrogen and oxygen atoms in total. The summed E-state index contributed by atoms with van der Waals surface area (Å²) in [6, 6.07) is 15.5. The van der Waals surface area contributed by atoms with Crippen LogP contribution in [0.5, 0.6) is 0 Å². The lowest BCUT2D eigenvalue weighted by molar-refractivity contribution is -0.384. The van der Waals surface area contributed by atoms with Gasteiger partial charge in [0.1, 0.15) is 5.69 Å². The third kappa shape index (κ3) is 4.21. The molecule has 3 aromatic rings. The van der Waals surface area contributed by atoms with E-state index in [4.69, 9.17) is 0 Å². The van der Waals surface area contributed by atoms with Crippen molar-refractivity contribution in [3.63, 3.8) is 0 Å². The van der Waals surface area contributed by atoms with E-state index in [9.17, 15) is 19.7 Å². The van der Waals surface area contributed by atoms with Gasteiger partial charge in [-0.25, -0.2) is 4.68 Å². The Morgan fingerprint density at radius 2 is 1.71 bits per heavy atom. The van der Waals surface area contributed by atoms with Crippen LogP contribution in [0.2, 0.25) is 0 Å². The molecule has 0 saturated heterocycles. The van der Waals surface area contributed by atoms with Crippen LogP contribution in [-0.2, 0) is 9.59 Å². The molecule has 0 spiro atoms. The molecule has 0 bridgehead atoms. The fourth-order valence-electron chi connectivity index (χ4n) is 3.79. The molecule has 1 aliphatic rings. The number of ketones is 2. The molecular formula is C24H21N3O4. The van der Waals surface area contributed by atoms with E-state index in [0.717, 1.165) is 5.69 Å². The summed E-state index contributed by atoms with van der Waals surface area (Å²) in [5.41, 5.74) is 2.08. The molecule has 1 fully saturated rings. The number of hydrogen-bond donors (Lipinski definition) is 0. The molecule has 0 aliphatic heterocycles. The number of benzene rings is 2. The molecule has 1 aliphatic carbocycles. The minimum absolute atomic E-state index is 0.0584.